The monoisotopic (exact) mass is 547 g/mol. The first-order valence-electron chi connectivity index (χ1n) is 10.6. The van der Waals surface area contributed by atoms with Crippen LogP contribution in [-0.4, -0.2) is 40.6 Å². The van der Waals surface area contributed by atoms with Gasteiger partial charge in [0.25, 0.3) is 10.0 Å². The number of halogens is 3. The maximum absolute atomic E-state index is 13.5. The first kappa shape index (κ1) is 24.7. The summed E-state index contributed by atoms with van der Waals surface area (Å²) in [5.41, 5.74) is -0.481. The van der Waals surface area contributed by atoms with Crippen LogP contribution >= 0.6 is 11.5 Å². The lowest BCUT2D eigenvalue weighted by Crippen LogP contribution is -2.44. The molecule has 5 rings (SSSR count). The van der Waals surface area contributed by atoms with Crippen molar-refractivity contribution in [2.24, 2.45) is 0 Å². The van der Waals surface area contributed by atoms with Gasteiger partial charge in [-0.25, -0.2) is 13.4 Å². The smallest absolute Gasteiger partial charge is 0.416 e. The number of nitrogens with zero attached hydrogens (tertiary/aromatic N) is 5. The number of alkyl halides is 3. The van der Waals surface area contributed by atoms with Crippen molar-refractivity contribution in [3.05, 3.63) is 66.1 Å². The fraction of sp³-hybridized carbons (Fsp3) is 0.182. The Hall–Kier alpha value is -4.00. The van der Waals surface area contributed by atoms with Gasteiger partial charge in [0.05, 0.1) is 27.8 Å². The Labute approximate surface area is 212 Å². The van der Waals surface area contributed by atoms with Crippen molar-refractivity contribution in [2.75, 3.05) is 17.8 Å². The molecule has 190 valence electrons. The van der Waals surface area contributed by atoms with Gasteiger partial charge in [-0.2, -0.15) is 27.9 Å². The maximum atomic E-state index is 13.5. The van der Waals surface area contributed by atoms with Crippen molar-refractivity contribution in [1.82, 2.24) is 24.5 Å². The highest BCUT2D eigenvalue weighted by molar-refractivity contribution is 7.93. The van der Waals surface area contributed by atoms with E-state index in [1.807, 2.05) is 6.07 Å². The third-order valence-corrected chi connectivity index (χ3v) is 7.59. The van der Waals surface area contributed by atoms with Gasteiger partial charge in [0.15, 0.2) is 0 Å². The quantitative estimate of drug-likeness (QED) is 0.354. The number of nitrogens with one attached hydrogen (secondary N) is 2. The van der Waals surface area contributed by atoms with Gasteiger partial charge in [0.1, 0.15) is 23.9 Å². The number of sulfonamides is 1. The topological polar surface area (TPSA) is 135 Å². The number of hydrogen-bond donors (Lipinski definition) is 2. The molecule has 0 spiro atoms. The van der Waals surface area contributed by atoms with Crippen LogP contribution in [0.4, 0.5) is 18.3 Å². The molecule has 1 fully saturated rings. The molecule has 2 aromatic carbocycles. The van der Waals surface area contributed by atoms with E-state index >= 15 is 0 Å². The van der Waals surface area contributed by atoms with Crippen LogP contribution in [0.3, 0.4) is 0 Å². The molecule has 1 aliphatic heterocycles. The van der Waals surface area contributed by atoms with Crippen LogP contribution in [0.25, 0.3) is 11.3 Å². The number of ether oxygens (including phenoxy) is 1. The number of hydrogen-bond acceptors (Lipinski definition) is 9. The van der Waals surface area contributed by atoms with Crippen molar-refractivity contribution in [3.8, 4) is 28.8 Å². The average Bonchev–Trinajstić information content (AvgIpc) is 3.50. The van der Waals surface area contributed by atoms with E-state index in [1.165, 1.54) is 24.7 Å². The lowest BCUT2D eigenvalue weighted by molar-refractivity contribution is -0.137. The number of anilines is 1. The molecule has 15 heteroatoms. The summed E-state index contributed by atoms with van der Waals surface area (Å²) < 4.78 is 79.4. The van der Waals surface area contributed by atoms with E-state index in [2.05, 4.69) is 24.5 Å². The summed E-state index contributed by atoms with van der Waals surface area (Å²) in [4.78, 5) is 3.54. The van der Waals surface area contributed by atoms with Gasteiger partial charge in [0, 0.05) is 36.4 Å². The summed E-state index contributed by atoms with van der Waals surface area (Å²) in [5, 5.41) is 17.1. The van der Waals surface area contributed by atoms with Gasteiger partial charge in [-0.1, -0.05) is 0 Å². The van der Waals surface area contributed by atoms with Gasteiger partial charge in [0.2, 0.25) is 5.13 Å². The largest absolute Gasteiger partial charge is 0.455 e. The van der Waals surface area contributed by atoms with E-state index in [1.54, 1.807) is 10.7 Å². The number of aromatic nitrogens is 4. The van der Waals surface area contributed by atoms with Crippen molar-refractivity contribution in [2.45, 2.75) is 17.1 Å². The second kappa shape index (κ2) is 9.47. The van der Waals surface area contributed by atoms with Crippen molar-refractivity contribution >= 4 is 26.7 Å². The molecule has 10 nitrogen and oxygen atoms in total. The second-order valence-corrected chi connectivity index (χ2v) is 10.4. The van der Waals surface area contributed by atoms with E-state index in [0.29, 0.717) is 18.8 Å². The molecule has 3 heterocycles. The van der Waals surface area contributed by atoms with E-state index in [4.69, 9.17) is 4.74 Å². The van der Waals surface area contributed by atoms with E-state index in [0.717, 1.165) is 35.8 Å². The Morgan fingerprint density at radius 2 is 1.95 bits per heavy atom. The van der Waals surface area contributed by atoms with Crippen molar-refractivity contribution < 1.29 is 26.3 Å². The molecule has 2 N–H and O–H groups in total. The van der Waals surface area contributed by atoms with Gasteiger partial charge >= 0.3 is 6.18 Å². The molecule has 0 aliphatic carbocycles. The Kier molecular flexibility index (Phi) is 6.31. The van der Waals surface area contributed by atoms with Crippen LogP contribution in [-0.2, 0) is 16.2 Å². The highest BCUT2D eigenvalue weighted by atomic mass is 32.2. The highest BCUT2D eigenvalue weighted by Gasteiger charge is 2.32. The van der Waals surface area contributed by atoms with Crippen LogP contribution in [0.5, 0.6) is 11.5 Å². The summed E-state index contributed by atoms with van der Waals surface area (Å²) in [7, 11) is -4.07. The standard InChI is InChI=1S/C22H16F3N7O3S2/c23-22(24,25)14-1-3-20(17(8-14)18-5-6-29-32(18)15-10-27-11-15)35-19-4-2-16(7-13(19)9-26)37(33,34)31-21-28-12-30-36-21/h1-8,12,15,27H,10-11H2,(H,28,30,31). The molecular weight excluding hydrogens is 531 g/mol. The molecule has 0 saturated carbocycles. The molecule has 0 amide bonds. The van der Waals surface area contributed by atoms with Gasteiger partial charge in [-0.05, 0) is 42.5 Å². The molecular formula is C22H16F3N7O3S2. The molecule has 0 unspecified atom stereocenters. The van der Waals surface area contributed by atoms with Crippen LogP contribution in [0.1, 0.15) is 17.2 Å². The summed E-state index contributed by atoms with van der Waals surface area (Å²) in [6.45, 7) is 1.23. The van der Waals surface area contributed by atoms with Gasteiger partial charge in [-0.15, -0.1) is 0 Å². The zero-order valence-electron chi connectivity index (χ0n) is 18.6. The average molecular weight is 548 g/mol. The molecule has 1 aliphatic rings. The minimum absolute atomic E-state index is 0.0326. The predicted octanol–water partition coefficient (Wildman–Crippen LogP) is 4.03. The summed E-state index contributed by atoms with van der Waals surface area (Å²) >= 11 is 0.839. The molecule has 37 heavy (non-hydrogen) atoms. The Balaban J connectivity index is 1.53. The number of rotatable bonds is 7. The predicted molar refractivity (Wildman–Crippen MR) is 127 cm³/mol. The van der Waals surface area contributed by atoms with Crippen molar-refractivity contribution in [3.63, 3.8) is 0 Å². The minimum atomic E-state index is -4.59. The molecule has 1 saturated heterocycles. The zero-order chi connectivity index (χ0) is 26.2. The lowest BCUT2D eigenvalue weighted by Gasteiger charge is -2.29. The molecule has 0 atom stereocenters. The lowest BCUT2D eigenvalue weighted by atomic mass is 10.0. The normalized spacial score (nSPS) is 14.1. The maximum Gasteiger partial charge on any atom is 0.416 e. The van der Waals surface area contributed by atoms with Crippen LogP contribution < -0.4 is 14.8 Å². The number of nitriles is 1. The molecule has 0 bridgehead atoms. The number of benzene rings is 2. The first-order valence-corrected chi connectivity index (χ1v) is 12.9. The molecule has 2 aromatic heterocycles. The molecule has 0 radical (unpaired) electrons. The van der Waals surface area contributed by atoms with Gasteiger partial charge < -0.3 is 10.1 Å². The third-order valence-electron chi connectivity index (χ3n) is 5.54. The minimum Gasteiger partial charge on any atom is -0.455 e. The van der Waals surface area contributed by atoms with Gasteiger partial charge in [-0.3, -0.25) is 9.40 Å². The summed E-state index contributed by atoms with van der Waals surface area (Å²) in [6, 6.07) is 10.0. The Morgan fingerprint density at radius 3 is 2.59 bits per heavy atom. The zero-order valence-corrected chi connectivity index (χ0v) is 20.2. The highest BCUT2D eigenvalue weighted by Crippen LogP contribution is 2.40. The summed E-state index contributed by atoms with van der Waals surface area (Å²) in [5.74, 6) is 0.0101. The first-order chi connectivity index (χ1) is 17.7. The fourth-order valence-electron chi connectivity index (χ4n) is 3.62. The Bertz CT molecular complexity index is 1590. The third kappa shape index (κ3) is 4.99. The molecule has 4 aromatic rings. The SMILES string of the molecule is N#Cc1cc(S(=O)(=O)Nc2ncns2)ccc1Oc1ccc(C(F)(F)F)cc1-c1ccnn1C1CNC1. The van der Waals surface area contributed by atoms with Crippen LogP contribution in [0.2, 0.25) is 0 Å². The van der Waals surface area contributed by atoms with Crippen LogP contribution in [0, 0.1) is 11.3 Å². The van der Waals surface area contributed by atoms with E-state index in [9.17, 15) is 26.9 Å². The van der Waals surface area contributed by atoms with Crippen LogP contribution in [0.15, 0.2) is 59.9 Å². The second-order valence-electron chi connectivity index (χ2n) is 7.91. The fourth-order valence-corrected chi connectivity index (χ4v) is 5.31. The van der Waals surface area contributed by atoms with E-state index < -0.39 is 21.8 Å². The van der Waals surface area contributed by atoms with E-state index in [-0.39, 0.29) is 38.7 Å². The Morgan fingerprint density at radius 1 is 1.16 bits per heavy atom. The van der Waals surface area contributed by atoms with Crippen molar-refractivity contribution in [1.29, 1.82) is 5.26 Å². The summed E-state index contributed by atoms with van der Waals surface area (Å²) in [6.07, 6.45) is -1.91.